The van der Waals surface area contributed by atoms with E-state index in [0.29, 0.717) is 6.42 Å². The van der Waals surface area contributed by atoms with E-state index in [4.69, 9.17) is 4.74 Å². The molecule has 9 atom stereocenters. The van der Waals surface area contributed by atoms with Gasteiger partial charge in [-0.3, -0.25) is 52.7 Å². The molecular formula is C64H110F3N11O12. The quantitative estimate of drug-likeness (QED) is 0.195. The van der Waals surface area contributed by atoms with Crippen molar-refractivity contribution in [3.05, 3.63) is 0 Å². The summed E-state index contributed by atoms with van der Waals surface area (Å²) in [5.74, 6) is -9.67. The molecule has 0 unspecified atom stereocenters. The third-order valence-electron chi connectivity index (χ3n) is 18.5. The van der Waals surface area contributed by atoms with Gasteiger partial charge in [0.05, 0.1) is 31.7 Å². The van der Waals surface area contributed by atoms with Crippen LogP contribution in [0.1, 0.15) is 172 Å². The van der Waals surface area contributed by atoms with E-state index < -0.39 is 157 Å². The number of ether oxygens (including phenoxy) is 1. The molecule has 11 amide bonds. The molecule has 1 aliphatic heterocycles. The highest BCUT2D eigenvalue weighted by Crippen LogP contribution is 2.41. The Kier molecular flexibility index (Phi) is 30.5. The van der Waals surface area contributed by atoms with Crippen molar-refractivity contribution >= 4 is 65.0 Å². The van der Waals surface area contributed by atoms with E-state index in [0.717, 1.165) is 51.7 Å². The zero-order valence-electron chi connectivity index (χ0n) is 57.2. The molecule has 4 N–H and O–H groups in total. The zero-order valence-corrected chi connectivity index (χ0v) is 57.2. The van der Waals surface area contributed by atoms with Crippen molar-refractivity contribution in [1.82, 2.24) is 55.6 Å². The van der Waals surface area contributed by atoms with E-state index in [1.807, 2.05) is 34.6 Å². The highest BCUT2D eigenvalue weighted by Gasteiger charge is 2.45. The first-order chi connectivity index (χ1) is 41.7. The second-order valence-electron chi connectivity index (χ2n) is 27.5. The molecular weight excluding hydrogens is 1170 g/mol. The molecule has 1 saturated heterocycles. The molecule has 3 fully saturated rings. The van der Waals surface area contributed by atoms with Crippen molar-refractivity contribution in [3.8, 4) is 0 Å². The summed E-state index contributed by atoms with van der Waals surface area (Å²) in [6, 6.07) is -8.12. The van der Waals surface area contributed by atoms with Crippen LogP contribution in [0.3, 0.4) is 0 Å². The number of nitrogens with one attached hydrogen (secondary N) is 4. The molecule has 0 aromatic heterocycles. The second kappa shape index (κ2) is 35.1. The van der Waals surface area contributed by atoms with Gasteiger partial charge < -0.3 is 60.3 Å². The fourth-order valence-electron chi connectivity index (χ4n) is 12.2. The Morgan fingerprint density at radius 3 is 1.66 bits per heavy atom. The number of halogens is 3. The maximum atomic E-state index is 15.0. The number of carbonyl (C=O) groups excluding carboxylic acids is 11. The molecule has 2 aliphatic carbocycles. The van der Waals surface area contributed by atoms with E-state index in [1.165, 1.54) is 84.8 Å². The van der Waals surface area contributed by atoms with Gasteiger partial charge in [0.1, 0.15) is 41.8 Å². The Hall–Kier alpha value is -6.08. The van der Waals surface area contributed by atoms with Crippen LogP contribution in [0.4, 0.5) is 13.2 Å². The lowest BCUT2D eigenvalue weighted by Gasteiger charge is -2.38. The standard InChI is InChI=1S/C64H110F3N11O12/c1-19-40(6)54-60(87)74(14)35-52(81)72(12)36-53(82)78(18)55(43(9)90-37-45-23-21-20-22-24-45)61(88)73(13)34-50(79)69-47(30-27-44-25-28-46(29-26-44)64(65,66)67)59(86)76(16)49(32-39(4)5)58(85)71-63(10,11)62(89)77(17)48(31-38(2)3)57(84)68-41(7)33-51(80)75(15)42(8)56(83)70-54/h38-49,54-55H,19-37H2,1-18H3,(H,68,84)(H,69,79)(H,70,83)(H,71,85)/t40-,41+,42-,43+,44?,46?,47-,48-,49-,54-,55-/m0/s1. The molecule has 26 heteroatoms. The van der Waals surface area contributed by atoms with E-state index in [9.17, 15) is 65.9 Å². The van der Waals surface area contributed by atoms with Crippen LogP contribution in [0.2, 0.25) is 0 Å². The Labute approximate surface area is 533 Å². The largest absolute Gasteiger partial charge is 0.391 e. The predicted octanol–water partition coefficient (Wildman–Crippen LogP) is 4.73. The molecule has 1 heterocycles. The lowest BCUT2D eigenvalue weighted by atomic mass is 9.79. The van der Waals surface area contributed by atoms with Crippen molar-refractivity contribution in [2.45, 2.75) is 233 Å². The number of likely N-dealkylation sites (N-methyl/N-ethyl adjacent to an activating group) is 7. The van der Waals surface area contributed by atoms with Gasteiger partial charge in [0.2, 0.25) is 65.0 Å². The first kappa shape index (κ1) is 78.2. The molecule has 0 aromatic rings. The van der Waals surface area contributed by atoms with Crippen molar-refractivity contribution in [2.24, 2.45) is 35.5 Å². The Balaban J connectivity index is 2.17. The predicted molar refractivity (Wildman–Crippen MR) is 334 cm³/mol. The van der Waals surface area contributed by atoms with E-state index >= 15 is 0 Å². The summed E-state index contributed by atoms with van der Waals surface area (Å²) < 4.78 is 47.6. The van der Waals surface area contributed by atoms with Gasteiger partial charge in [0.15, 0.2) is 0 Å². The summed E-state index contributed by atoms with van der Waals surface area (Å²) >= 11 is 0. The molecule has 3 rings (SSSR count). The summed E-state index contributed by atoms with van der Waals surface area (Å²) in [5.41, 5.74) is -1.70. The smallest absolute Gasteiger partial charge is 0.376 e. The molecule has 514 valence electrons. The van der Waals surface area contributed by atoms with Crippen molar-refractivity contribution in [3.63, 3.8) is 0 Å². The van der Waals surface area contributed by atoms with Crippen LogP contribution in [0.15, 0.2) is 0 Å². The third kappa shape index (κ3) is 22.9. The molecule has 2 saturated carbocycles. The van der Waals surface area contributed by atoms with Crippen molar-refractivity contribution in [1.29, 1.82) is 0 Å². The van der Waals surface area contributed by atoms with Crippen molar-refractivity contribution < 1.29 is 70.6 Å². The second-order valence-corrected chi connectivity index (χ2v) is 27.5. The van der Waals surface area contributed by atoms with Crippen molar-refractivity contribution in [2.75, 3.05) is 75.6 Å². The van der Waals surface area contributed by atoms with Crippen LogP contribution < -0.4 is 21.3 Å². The Morgan fingerprint density at radius 1 is 0.567 bits per heavy atom. The van der Waals surface area contributed by atoms with Gasteiger partial charge in [-0.1, -0.05) is 67.2 Å². The number of amides is 11. The van der Waals surface area contributed by atoms with E-state index in [-0.39, 0.29) is 88.1 Å². The molecule has 90 heavy (non-hydrogen) atoms. The summed E-state index contributed by atoms with van der Waals surface area (Å²) in [4.78, 5) is 166. The van der Waals surface area contributed by atoms with Gasteiger partial charge in [0, 0.05) is 68.4 Å². The average molecular weight is 1280 g/mol. The molecule has 0 bridgehead atoms. The summed E-state index contributed by atoms with van der Waals surface area (Å²) in [7, 11) is 9.68. The molecule has 3 aliphatic rings. The lowest BCUT2D eigenvalue weighted by molar-refractivity contribution is -0.184. The Bertz CT molecular complexity index is 2470. The number of rotatable bonds is 13. The number of hydrogen-bond acceptors (Lipinski definition) is 12. The first-order valence-corrected chi connectivity index (χ1v) is 32.4. The maximum absolute atomic E-state index is 15.0. The SMILES string of the molecule is CC[C@H](C)[C@@H]1NC(=O)[C@H](C)N(C)C(=O)C[C@@H](C)NC(=O)[C@H](CC(C)C)N(C)C(=O)C(C)(C)NC(=O)[C@H](CC(C)C)N(C)C(=O)[C@H](CCC2CCC(C(F)(F)F)CC2)NC(=O)CN(C)C(=O)[C@H]([C@@H](C)OCC2CCCCC2)N(C)C(=O)CN(C)C(=O)CN(C)C1=O. The van der Waals surface area contributed by atoms with Crippen LogP contribution in [0.25, 0.3) is 0 Å². The number of nitrogens with zero attached hydrogens (tertiary/aromatic N) is 7. The molecule has 0 aromatic carbocycles. The first-order valence-electron chi connectivity index (χ1n) is 32.4. The van der Waals surface area contributed by atoms with Gasteiger partial charge >= 0.3 is 6.18 Å². The number of alkyl halides is 3. The van der Waals surface area contributed by atoms with E-state index in [1.54, 1.807) is 20.8 Å². The molecule has 0 spiro atoms. The topological polar surface area (TPSA) is 268 Å². The van der Waals surface area contributed by atoms with Gasteiger partial charge in [0.25, 0.3) is 0 Å². The monoisotopic (exact) mass is 1280 g/mol. The minimum absolute atomic E-state index is 0.0439. The average Bonchev–Trinajstić information content (AvgIpc) is 1.02. The highest BCUT2D eigenvalue weighted by molar-refractivity contribution is 5.98. The minimum atomic E-state index is -4.35. The fraction of sp³-hybridized carbons (Fsp3) is 0.828. The number of hydrogen-bond donors (Lipinski definition) is 4. The fourth-order valence-corrected chi connectivity index (χ4v) is 12.2. The highest BCUT2D eigenvalue weighted by atomic mass is 19.4. The van der Waals surface area contributed by atoms with Crippen LogP contribution >= 0.6 is 0 Å². The van der Waals surface area contributed by atoms with Crippen LogP contribution in [0, 0.1) is 35.5 Å². The molecule has 0 radical (unpaired) electrons. The van der Waals surface area contributed by atoms with Gasteiger partial charge in [-0.2, -0.15) is 13.2 Å². The zero-order chi connectivity index (χ0) is 68.4. The summed E-state index contributed by atoms with van der Waals surface area (Å²) in [6.45, 7) is 17.1. The molecule has 23 nitrogen and oxygen atoms in total. The number of carbonyl (C=O) groups is 11. The summed E-state index contributed by atoms with van der Waals surface area (Å²) in [5, 5.41) is 11.2. The van der Waals surface area contributed by atoms with Gasteiger partial charge in [-0.25, -0.2) is 0 Å². The minimum Gasteiger partial charge on any atom is -0.376 e. The van der Waals surface area contributed by atoms with Crippen LogP contribution in [0.5, 0.6) is 0 Å². The van der Waals surface area contributed by atoms with Gasteiger partial charge in [-0.05, 0) is 128 Å². The van der Waals surface area contributed by atoms with Crippen LogP contribution in [-0.4, -0.2) is 235 Å². The lowest BCUT2D eigenvalue weighted by Crippen LogP contribution is -2.63. The third-order valence-corrected chi connectivity index (χ3v) is 18.5. The Morgan fingerprint density at radius 2 is 1.11 bits per heavy atom. The van der Waals surface area contributed by atoms with E-state index in [2.05, 4.69) is 21.3 Å². The summed E-state index contributed by atoms with van der Waals surface area (Å²) in [6.07, 6.45) is 0.496. The normalized spacial score (nSPS) is 28.1. The van der Waals surface area contributed by atoms with Crippen LogP contribution in [-0.2, 0) is 57.5 Å². The maximum Gasteiger partial charge on any atom is 0.391 e. The van der Waals surface area contributed by atoms with Gasteiger partial charge in [-0.15, -0.1) is 0 Å².